The van der Waals surface area contributed by atoms with Crippen LogP contribution >= 0.6 is 0 Å². The lowest BCUT2D eigenvalue weighted by Crippen LogP contribution is -2.48. The fraction of sp³-hybridized carbons (Fsp3) is 0.923. The average Bonchev–Trinajstić information content (AvgIpc) is 2.72. The van der Waals surface area contributed by atoms with Crippen LogP contribution in [-0.4, -0.2) is 43.2 Å². The Balaban J connectivity index is 1.77. The van der Waals surface area contributed by atoms with Crippen molar-refractivity contribution in [1.82, 2.24) is 15.5 Å². The number of urea groups is 1. The summed E-state index contributed by atoms with van der Waals surface area (Å²) in [6.07, 6.45) is 8.44. The summed E-state index contributed by atoms with van der Waals surface area (Å²) in [4.78, 5) is 14.1. The van der Waals surface area contributed by atoms with Gasteiger partial charge in [0, 0.05) is 25.7 Å². The molecule has 17 heavy (non-hydrogen) atoms. The zero-order valence-electron chi connectivity index (χ0n) is 10.7. The first-order valence-corrected chi connectivity index (χ1v) is 7.12. The van der Waals surface area contributed by atoms with Crippen molar-refractivity contribution in [1.29, 1.82) is 0 Å². The first-order chi connectivity index (χ1) is 8.36. The van der Waals surface area contributed by atoms with Crippen LogP contribution < -0.4 is 10.6 Å². The third kappa shape index (κ3) is 4.19. The molecule has 0 bridgehead atoms. The Labute approximate surface area is 104 Å². The molecule has 0 radical (unpaired) electrons. The maximum Gasteiger partial charge on any atom is 0.317 e. The van der Waals surface area contributed by atoms with Crippen LogP contribution in [0.4, 0.5) is 4.79 Å². The Morgan fingerprint density at radius 2 is 1.82 bits per heavy atom. The zero-order chi connectivity index (χ0) is 11.9. The average molecular weight is 239 g/mol. The van der Waals surface area contributed by atoms with E-state index in [9.17, 15) is 4.79 Å². The van der Waals surface area contributed by atoms with Gasteiger partial charge in [-0.3, -0.25) is 0 Å². The first kappa shape index (κ1) is 12.7. The normalized spacial score (nSPS) is 27.1. The largest absolute Gasteiger partial charge is 0.334 e. The molecule has 2 fully saturated rings. The second-order valence-electron chi connectivity index (χ2n) is 5.25. The van der Waals surface area contributed by atoms with Gasteiger partial charge in [0.15, 0.2) is 0 Å². The Bertz CT molecular complexity index is 229. The van der Waals surface area contributed by atoms with E-state index in [1.807, 2.05) is 4.90 Å². The first-order valence-electron chi connectivity index (χ1n) is 7.12. The lowest BCUT2D eigenvalue weighted by molar-refractivity contribution is 0.195. The van der Waals surface area contributed by atoms with Crippen LogP contribution in [-0.2, 0) is 0 Å². The van der Waals surface area contributed by atoms with Crippen molar-refractivity contribution in [2.45, 2.75) is 51.0 Å². The van der Waals surface area contributed by atoms with Crippen molar-refractivity contribution in [2.24, 2.45) is 0 Å². The van der Waals surface area contributed by atoms with Crippen LogP contribution in [0.3, 0.4) is 0 Å². The molecule has 98 valence electrons. The third-order valence-electron chi connectivity index (χ3n) is 3.77. The minimum atomic E-state index is 0.153. The number of amides is 2. The van der Waals surface area contributed by atoms with Crippen molar-refractivity contribution in [3.8, 4) is 0 Å². The molecular weight excluding hydrogens is 214 g/mol. The molecule has 4 heteroatoms. The predicted octanol–water partition coefficient (Wildman–Crippen LogP) is 1.71. The number of nitrogens with one attached hydrogen (secondary N) is 2. The molecule has 0 spiro atoms. The summed E-state index contributed by atoms with van der Waals surface area (Å²) in [5, 5.41) is 6.57. The molecule has 0 aromatic heterocycles. The molecule has 1 unspecified atom stereocenters. The summed E-state index contributed by atoms with van der Waals surface area (Å²) < 4.78 is 0. The molecule has 4 nitrogen and oxygen atoms in total. The highest BCUT2D eigenvalue weighted by Crippen LogP contribution is 2.10. The van der Waals surface area contributed by atoms with Gasteiger partial charge in [-0.05, 0) is 32.2 Å². The summed E-state index contributed by atoms with van der Waals surface area (Å²) >= 11 is 0. The summed E-state index contributed by atoms with van der Waals surface area (Å²) in [6.45, 7) is 3.90. The van der Waals surface area contributed by atoms with E-state index < -0.39 is 0 Å². The molecule has 1 atom stereocenters. The van der Waals surface area contributed by atoms with E-state index >= 15 is 0 Å². The predicted molar refractivity (Wildman–Crippen MR) is 69.1 cm³/mol. The standard InChI is InChI=1S/C13H25N3O/c17-13(16-9-5-1-2-6-10-16)15-12-7-3-4-8-14-11-12/h12,14H,1-11H2,(H,15,17). The van der Waals surface area contributed by atoms with E-state index in [-0.39, 0.29) is 6.03 Å². The zero-order valence-corrected chi connectivity index (χ0v) is 10.7. The minimum absolute atomic E-state index is 0.153. The number of hydrogen-bond acceptors (Lipinski definition) is 2. The van der Waals surface area contributed by atoms with Crippen molar-refractivity contribution in [3.63, 3.8) is 0 Å². The summed E-state index contributed by atoms with van der Waals surface area (Å²) in [7, 11) is 0. The highest BCUT2D eigenvalue weighted by Gasteiger charge is 2.19. The van der Waals surface area contributed by atoms with Crippen molar-refractivity contribution < 1.29 is 4.79 Å². The smallest absolute Gasteiger partial charge is 0.317 e. The Morgan fingerprint density at radius 3 is 2.59 bits per heavy atom. The summed E-state index contributed by atoms with van der Waals surface area (Å²) in [5.41, 5.74) is 0. The second kappa shape index (κ2) is 6.84. The fourth-order valence-corrected chi connectivity index (χ4v) is 2.68. The van der Waals surface area contributed by atoms with E-state index in [2.05, 4.69) is 10.6 Å². The number of rotatable bonds is 1. The topological polar surface area (TPSA) is 44.4 Å². The van der Waals surface area contributed by atoms with Gasteiger partial charge in [-0.1, -0.05) is 19.3 Å². The summed E-state index contributed by atoms with van der Waals surface area (Å²) in [6, 6.07) is 0.480. The molecule has 0 aromatic carbocycles. The lowest BCUT2D eigenvalue weighted by atomic mass is 10.1. The van der Waals surface area contributed by atoms with E-state index in [4.69, 9.17) is 0 Å². The van der Waals surface area contributed by atoms with Gasteiger partial charge in [-0.2, -0.15) is 0 Å². The van der Waals surface area contributed by atoms with E-state index in [1.54, 1.807) is 0 Å². The summed E-state index contributed by atoms with van der Waals surface area (Å²) in [5.74, 6) is 0. The van der Waals surface area contributed by atoms with Gasteiger partial charge < -0.3 is 15.5 Å². The van der Waals surface area contributed by atoms with Crippen molar-refractivity contribution >= 4 is 6.03 Å². The van der Waals surface area contributed by atoms with Gasteiger partial charge in [-0.15, -0.1) is 0 Å². The van der Waals surface area contributed by atoms with E-state index in [1.165, 1.54) is 25.7 Å². The van der Waals surface area contributed by atoms with Crippen molar-refractivity contribution in [3.05, 3.63) is 0 Å². The van der Waals surface area contributed by atoms with Gasteiger partial charge in [0.05, 0.1) is 0 Å². The van der Waals surface area contributed by atoms with Gasteiger partial charge in [-0.25, -0.2) is 4.79 Å². The maximum atomic E-state index is 12.1. The van der Waals surface area contributed by atoms with E-state index in [0.717, 1.165) is 45.4 Å². The van der Waals surface area contributed by atoms with Crippen molar-refractivity contribution in [2.75, 3.05) is 26.2 Å². The molecule has 2 saturated heterocycles. The van der Waals surface area contributed by atoms with Gasteiger partial charge in [0.25, 0.3) is 0 Å². The molecule has 2 aliphatic heterocycles. The Hall–Kier alpha value is -0.770. The highest BCUT2D eigenvalue weighted by molar-refractivity contribution is 5.74. The van der Waals surface area contributed by atoms with Gasteiger partial charge in [0.2, 0.25) is 0 Å². The van der Waals surface area contributed by atoms with Crippen LogP contribution in [0.5, 0.6) is 0 Å². The Morgan fingerprint density at radius 1 is 1.06 bits per heavy atom. The molecule has 0 aromatic rings. The van der Waals surface area contributed by atoms with E-state index in [0.29, 0.717) is 6.04 Å². The number of nitrogens with zero attached hydrogens (tertiary/aromatic N) is 1. The molecule has 0 saturated carbocycles. The SMILES string of the molecule is O=C(NC1CCCCNC1)N1CCCCCC1. The molecule has 2 amide bonds. The molecule has 2 aliphatic rings. The number of carbonyl (C=O) groups excluding carboxylic acids is 1. The quantitative estimate of drug-likeness (QED) is 0.731. The lowest BCUT2D eigenvalue weighted by Gasteiger charge is -2.24. The third-order valence-corrected chi connectivity index (χ3v) is 3.77. The number of likely N-dealkylation sites (tertiary alicyclic amines) is 1. The number of hydrogen-bond donors (Lipinski definition) is 2. The van der Waals surface area contributed by atoms with Crippen LogP contribution in [0.25, 0.3) is 0 Å². The van der Waals surface area contributed by atoms with Gasteiger partial charge in [0.1, 0.15) is 0 Å². The molecular formula is C13H25N3O. The number of carbonyl (C=O) groups is 1. The molecule has 2 rings (SSSR count). The van der Waals surface area contributed by atoms with Crippen LogP contribution in [0.15, 0.2) is 0 Å². The van der Waals surface area contributed by atoms with Crippen LogP contribution in [0.1, 0.15) is 44.9 Å². The monoisotopic (exact) mass is 239 g/mol. The highest BCUT2D eigenvalue weighted by atomic mass is 16.2. The molecule has 0 aliphatic carbocycles. The van der Waals surface area contributed by atoms with Crippen LogP contribution in [0.2, 0.25) is 0 Å². The fourth-order valence-electron chi connectivity index (χ4n) is 2.68. The minimum Gasteiger partial charge on any atom is -0.334 e. The van der Waals surface area contributed by atoms with Gasteiger partial charge >= 0.3 is 6.03 Å². The Kier molecular flexibility index (Phi) is 5.10. The second-order valence-corrected chi connectivity index (χ2v) is 5.25. The molecule has 2 heterocycles. The molecule has 2 N–H and O–H groups in total. The van der Waals surface area contributed by atoms with Crippen LogP contribution in [0, 0.1) is 0 Å². The maximum absolute atomic E-state index is 12.1.